The monoisotopic (exact) mass is 236 g/mol. The summed E-state index contributed by atoms with van der Waals surface area (Å²) in [6.45, 7) is 6.56. The van der Waals surface area contributed by atoms with Gasteiger partial charge in [0.25, 0.3) is 0 Å². The first-order chi connectivity index (χ1) is 6.66. The lowest BCUT2D eigenvalue weighted by atomic mass is 9.93. The largest absolute Gasteiger partial charge is 0.330 e. The zero-order valence-corrected chi connectivity index (χ0v) is 11.1. The molecule has 0 saturated carbocycles. The second-order valence-electron chi connectivity index (χ2n) is 5.09. The van der Waals surface area contributed by atoms with Crippen LogP contribution in [0, 0.1) is 5.41 Å². The number of hydrogen-bond acceptors (Lipinski definition) is 4. The molecule has 0 aliphatic heterocycles. The van der Waals surface area contributed by atoms with Crippen LogP contribution in [0.1, 0.15) is 20.3 Å². The maximum Gasteiger partial charge on any atom is 0.147 e. The smallest absolute Gasteiger partial charge is 0.147 e. The highest BCUT2D eigenvalue weighted by Gasteiger charge is 2.17. The van der Waals surface area contributed by atoms with Gasteiger partial charge in [0.2, 0.25) is 0 Å². The molecule has 0 spiro atoms. The molecule has 0 radical (unpaired) electrons. The van der Waals surface area contributed by atoms with Gasteiger partial charge < -0.3 is 10.6 Å². The Balaban J connectivity index is 3.81. The molecular formula is C10H24N2O2S. The summed E-state index contributed by atoms with van der Waals surface area (Å²) in [4.78, 5) is 2.14. The lowest BCUT2D eigenvalue weighted by Crippen LogP contribution is -2.37. The third-order valence-electron chi connectivity index (χ3n) is 2.31. The van der Waals surface area contributed by atoms with Crippen molar-refractivity contribution in [1.29, 1.82) is 0 Å². The van der Waals surface area contributed by atoms with Crippen LogP contribution in [0.4, 0.5) is 0 Å². The minimum atomic E-state index is -2.82. The minimum Gasteiger partial charge on any atom is -0.330 e. The average molecular weight is 236 g/mol. The standard InChI is InChI=1S/C10H24N2O2S/c1-10(2,8-11)9-12(3)6-5-7-15(4,13)14/h5-9,11H2,1-4H3. The molecule has 0 fully saturated rings. The van der Waals surface area contributed by atoms with Gasteiger partial charge in [-0.25, -0.2) is 8.42 Å². The van der Waals surface area contributed by atoms with Gasteiger partial charge in [-0.05, 0) is 32.0 Å². The molecule has 5 heteroatoms. The van der Waals surface area contributed by atoms with E-state index in [4.69, 9.17) is 5.73 Å². The topological polar surface area (TPSA) is 63.4 Å². The van der Waals surface area contributed by atoms with Crippen LogP contribution >= 0.6 is 0 Å². The van der Waals surface area contributed by atoms with Crippen molar-refractivity contribution in [3.63, 3.8) is 0 Å². The van der Waals surface area contributed by atoms with Gasteiger partial charge in [-0.1, -0.05) is 13.8 Å². The zero-order chi connectivity index (χ0) is 12.1. The van der Waals surface area contributed by atoms with Gasteiger partial charge in [0.15, 0.2) is 0 Å². The highest BCUT2D eigenvalue weighted by atomic mass is 32.2. The molecule has 0 rings (SSSR count). The fourth-order valence-corrected chi connectivity index (χ4v) is 2.12. The molecule has 0 atom stereocenters. The molecule has 0 aliphatic carbocycles. The quantitative estimate of drug-likeness (QED) is 0.692. The zero-order valence-electron chi connectivity index (χ0n) is 10.3. The van der Waals surface area contributed by atoms with Crippen LogP contribution in [0.2, 0.25) is 0 Å². The van der Waals surface area contributed by atoms with E-state index >= 15 is 0 Å². The molecule has 4 nitrogen and oxygen atoms in total. The van der Waals surface area contributed by atoms with Crippen LogP contribution in [0.15, 0.2) is 0 Å². The van der Waals surface area contributed by atoms with Crippen molar-refractivity contribution < 1.29 is 8.42 Å². The van der Waals surface area contributed by atoms with Crippen LogP contribution in [0.5, 0.6) is 0 Å². The Bertz CT molecular complexity index is 273. The molecule has 0 aromatic carbocycles. The van der Waals surface area contributed by atoms with Gasteiger partial charge in [0.05, 0.1) is 5.75 Å². The van der Waals surface area contributed by atoms with Gasteiger partial charge in [0, 0.05) is 12.8 Å². The summed E-state index contributed by atoms with van der Waals surface area (Å²) in [5.41, 5.74) is 5.73. The molecule has 0 aromatic heterocycles. The van der Waals surface area contributed by atoms with Gasteiger partial charge in [-0.15, -0.1) is 0 Å². The van der Waals surface area contributed by atoms with Crippen molar-refractivity contribution in [1.82, 2.24) is 4.90 Å². The Morgan fingerprint density at radius 2 is 1.87 bits per heavy atom. The minimum absolute atomic E-state index is 0.0971. The van der Waals surface area contributed by atoms with Crippen molar-refractivity contribution in [3.05, 3.63) is 0 Å². The van der Waals surface area contributed by atoms with Crippen molar-refractivity contribution >= 4 is 9.84 Å². The maximum absolute atomic E-state index is 10.9. The van der Waals surface area contributed by atoms with Gasteiger partial charge in [0.1, 0.15) is 9.84 Å². The fourth-order valence-electron chi connectivity index (χ4n) is 1.47. The highest BCUT2D eigenvalue weighted by Crippen LogP contribution is 2.13. The molecule has 0 aromatic rings. The van der Waals surface area contributed by atoms with E-state index in [2.05, 4.69) is 18.7 Å². The van der Waals surface area contributed by atoms with E-state index < -0.39 is 9.84 Å². The second-order valence-corrected chi connectivity index (χ2v) is 7.35. The van der Waals surface area contributed by atoms with E-state index in [9.17, 15) is 8.42 Å². The van der Waals surface area contributed by atoms with Gasteiger partial charge >= 0.3 is 0 Å². The Labute approximate surface area is 93.7 Å². The van der Waals surface area contributed by atoms with Crippen molar-refractivity contribution in [3.8, 4) is 0 Å². The third kappa shape index (κ3) is 8.84. The predicted molar refractivity (Wildman–Crippen MR) is 64.7 cm³/mol. The SMILES string of the molecule is CN(CCCS(C)(=O)=O)CC(C)(C)CN. The Morgan fingerprint density at radius 1 is 1.33 bits per heavy atom. The van der Waals surface area contributed by atoms with E-state index in [0.29, 0.717) is 13.0 Å². The molecule has 0 bridgehead atoms. The average Bonchev–Trinajstić information content (AvgIpc) is 2.00. The van der Waals surface area contributed by atoms with Crippen LogP contribution < -0.4 is 5.73 Å². The van der Waals surface area contributed by atoms with E-state index in [1.54, 1.807) is 0 Å². The molecule has 15 heavy (non-hydrogen) atoms. The van der Waals surface area contributed by atoms with Crippen molar-refractivity contribution in [2.75, 3.05) is 38.7 Å². The number of nitrogens with two attached hydrogens (primary N) is 1. The number of nitrogens with zero attached hydrogens (tertiary/aromatic N) is 1. The van der Waals surface area contributed by atoms with Crippen LogP contribution in [0.25, 0.3) is 0 Å². The number of sulfone groups is 1. The molecule has 0 heterocycles. The third-order valence-corrected chi connectivity index (χ3v) is 3.34. The van der Waals surface area contributed by atoms with E-state index in [0.717, 1.165) is 13.1 Å². The molecule has 92 valence electrons. The summed E-state index contributed by atoms with van der Waals surface area (Å²) < 4.78 is 21.8. The molecular weight excluding hydrogens is 212 g/mol. The van der Waals surface area contributed by atoms with E-state index in [1.165, 1.54) is 6.26 Å². The number of rotatable bonds is 7. The lowest BCUT2D eigenvalue weighted by molar-refractivity contribution is 0.216. The molecule has 0 amide bonds. The second kappa shape index (κ2) is 5.82. The molecule has 0 aliphatic rings. The predicted octanol–water partition coefficient (Wildman–Crippen LogP) is 0.338. The summed E-state index contributed by atoms with van der Waals surface area (Å²) >= 11 is 0. The summed E-state index contributed by atoms with van der Waals surface area (Å²) in [6.07, 6.45) is 1.97. The first-order valence-electron chi connectivity index (χ1n) is 5.23. The summed E-state index contributed by atoms with van der Waals surface area (Å²) in [5.74, 6) is 0.264. The summed E-state index contributed by atoms with van der Waals surface area (Å²) in [7, 11) is -0.821. The van der Waals surface area contributed by atoms with Crippen LogP contribution in [-0.2, 0) is 9.84 Å². The lowest BCUT2D eigenvalue weighted by Gasteiger charge is -2.28. The Morgan fingerprint density at radius 3 is 2.27 bits per heavy atom. The van der Waals surface area contributed by atoms with Gasteiger partial charge in [-0.2, -0.15) is 0 Å². The maximum atomic E-state index is 10.9. The highest BCUT2D eigenvalue weighted by molar-refractivity contribution is 7.90. The summed E-state index contributed by atoms with van der Waals surface area (Å²) in [5, 5.41) is 0. The normalized spacial score (nSPS) is 13.5. The molecule has 0 unspecified atom stereocenters. The van der Waals surface area contributed by atoms with Gasteiger partial charge in [-0.3, -0.25) is 0 Å². The van der Waals surface area contributed by atoms with Crippen LogP contribution in [-0.4, -0.2) is 52.0 Å². The molecule has 0 saturated heterocycles. The number of hydrogen-bond donors (Lipinski definition) is 1. The molecule has 2 N–H and O–H groups in total. The summed E-state index contributed by atoms with van der Waals surface area (Å²) in [6, 6.07) is 0. The van der Waals surface area contributed by atoms with Crippen molar-refractivity contribution in [2.24, 2.45) is 11.1 Å². The first kappa shape index (κ1) is 14.9. The Kier molecular flexibility index (Phi) is 5.77. The van der Waals surface area contributed by atoms with E-state index in [-0.39, 0.29) is 11.2 Å². The van der Waals surface area contributed by atoms with Crippen LogP contribution in [0.3, 0.4) is 0 Å². The fraction of sp³-hybridized carbons (Fsp3) is 1.00. The van der Waals surface area contributed by atoms with Crippen molar-refractivity contribution in [2.45, 2.75) is 20.3 Å². The van der Waals surface area contributed by atoms with E-state index in [1.807, 2.05) is 7.05 Å². The first-order valence-corrected chi connectivity index (χ1v) is 7.29. The Hall–Kier alpha value is -0.130.